The van der Waals surface area contributed by atoms with Crippen LogP contribution in [0.1, 0.15) is 32.1 Å². The SMILES string of the molecule is CN(C1CCCCC1)C1CN(c2ccc(Cl)cc2)C(C=O)=N1. The van der Waals surface area contributed by atoms with Crippen LogP contribution in [0, 0.1) is 0 Å². The Morgan fingerprint density at radius 2 is 1.91 bits per heavy atom. The van der Waals surface area contributed by atoms with Crippen molar-refractivity contribution < 1.29 is 4.79 Å². The summed E-state index contributed by atoms with van der Waals surface area (Å²) in [4.78, 5) is 20.3. The molecule has 22 heavy (non-hydrogen) atoms. The zero-order chi connectivity index (χ0) is 15.5. The van der Waals surface area contributed by atoms with E-state index in [4.69, 9.17) is 11.6 Å². The highest BCUT2D eigenvalue weighted by Crippen LogP contribution is 2.27. The molecule has 0 saturated heterocycles. The van der Waals surface area contributed by atoms with Crippen LogP contribution in [0.15, 0.2) is 29.3 Å². The minimum absolute atomic E-state index is 0.0546. The fourth-order valence-electron chi connectivity index (χ4n) is 3.42. The number of benzene rings is 1. The summed E-state index contributed by atoms with van der Waals surface area (Å²) in [6.45, 7) is 0.725. The molecule has 1 aromatic carbocycles. The molecule has 118 valence electrons. The van der Waals surface area contributed by atoms with E-state index in [9.17, 15) is 4.79 Å². The van der Waals surface area contributed by atoms with Crippen LogP contribution in [0.2, 0.25) is 5.02 Å². The van der Waals surface area contributed by atoms with E-state index in [0.717, 1.165) is 18.5 Å². The standard InChI is InChI=1S/C17H22ClN3O/c1-20(14-5-3-2-4-6-14)16-11-21(17(12-22)19-16)15-9-7-13(18)8-10-15/h7-10,12,14,16H,2-6,11H2,1H3. The van der Waals surface area contributed by atoms with E-state index in [0.29, 0.717) is 16.9 Å². The van der Waals surface area contributed by atoms with Crippen molar-refractivity contribution in [2.24, 2.45) is 4.99 Å². The molecular formula is C17H22ClN3O. The number of aliphatic imine (C=N–C) groups is 1. The number of halogens is 1. The summed E-state index contributed by atoms with van der Waals surface area (Å²) in [5.41, 5.74) is 0.967. The minimum atomic E-state index is 0.0546. The maximum absolute atomic E-state index is 11.4. The van der Waals surface area contributed by atoms with Crippen molar-refractivity contribution in [1.29, 1.82) is 0 Å². The molecule has 0 N–H and O–H groups in total. The average Bonchev–Trinajstić information content (AvgIpc) is 3.00. The summed E-state index contributed by atoms with van der Waals surface area (Å²) in [5, 5.41) is 0.698. The quantitative estimate of drug-likeness (QED) is 0.798. The van der Waals surface area contributed by atoms with E-state index < -0.39 is 0 Å². The van der Waals surface area contributed by atoms with Gasteiger partial charge in [-0.3, -0.25) is 9.69 Å². The molecule has 5 heteroatoms. The van der Waals surface area contributed by atoms with E-state index >= 15 is 0 Å². The molecule has 2 aliphatic rings. The molecule has 1 aliphatic heterocycles. The van der Waals surface area contributed by atoms with Crippen molar-refractivity contribution in [1.82, 2.24) is 4.90 Å². The number of aldehydes is 1. The third-order valence-corrected chi connectivity index (χ3v) is 5.02. The third kappa shape index (κ3) is 3.18. The Kier molecular flexibility index (Phi) is 4.79. The second kappa shape index (κ2) is 6.80. The van der Waals surface area contributed by atoms with Gasteiger partial charge in [0.2, 0.25) is 0 Å². The first kappa shape index (κ1) is 15.5. The number of carbonyl (C=O) groups excluding carboxylic acids is 1. The van der Waals surface area contributed by atoms with E-state index in [2.05, 4.69) is 16.9 Å². The Balaban J connectivity index is 1.74. The fourth-order valence-corrected chi connectivity index (χ4v) is 3.55. The van der Waals surface area contributed by atoms with Gasteiger partial charge in [-0.1, -0.05) is 30.9 Å². The Morgan fingerprint density at radius 3 is 2.55 bits per heavy atom. The summed E-state index contributed by atoms with van der Waals surface area (Å²) in [6, 6.07) is 8.14. The van der Waals surface area contributed by atoms with Gasteiger partial charge in [-0.05, 0) is 44.2 Å². The van der Waals surface area contributed by atoms with Gasteiger partial charge in [0, 0.05) is 16.8 Å². The maximum Gasteiger partial charge on any atom is 0.185 e. The van der Waals surface area contributed by atoms with Gasteiger partial charge < -0.3 is 4.90 Å². The van der Waals surface area contributed by atoms with E-state index in [1.54, 1.807) is 0 Å². The summed E-state index contributed by atoms with van der Waals surface area (Å²) in [6.07, 6.45) is 7.32. The number of likely N-dealkylation sites (N-methyl/N-ethyl adjacent to an activating group) is 1. The van der Waals surface area contributed by atoms with Crippen molar-refractivity contribution in [3.8, 4) is 0 Å². The monoisotopic (exact) mass is 319 g/mol. The Hall–Kier alpha value is -1.39. The van der Waals surface area contributed by atoms with Crippen molar-refractivity contribution in [3.63, 3.8) is 0 Å². The van der Waals surface area contributed by atoms with Crippen LogP contribution >= 0.6 is 11.6 Å². The molecule has 1 unspecified atom stereocenters. The van der Waals surface area contributed by atoms with Crippen molar-refractivity contribution in [2.45, 2.75) is 44.3 Å². The summed E-state index contributed by atoms with van der Waals surface area (Å²) in [7, 11) is 2.14. The maximum atomic E-state index is 11.4. The lowest BCUT2D eigenvalue weighted by Crippen LogP contribution is -2.43. The number of anilines is 1. The van der Waals surface area contributed by atoms with Gasteiger partial charge in [0.15, 0.2) is 12.1 Å². The predicted octanol–water partition coefficient (Wildman–Crippen LogP) is 3.35. The molecule has 1 aromatic rings. The highest BCUT2D eigenvalue weighted by molar-refractivity contribution is 6.34. The van der Waals surface area contributed by atoms with Gasteiger partial charge in [0.25, 0.3) is 0 Å². The van der Waals surface area contributed by atoms with Crippen LogP contribution in [0.4, 0.5) is 5.69 Å². The smallest absolute Gasteiger partial charge is 0.185 e. The van der Waals surface area contributed by atoms with Gasteiger partial charge in [0.1, 0.15) is 6.17 Å². The van der Waals surface area contributed by atoms with E-state index in [1.165, 1.54) is 32.1 Å². The lowest BCUT2D eigenvalue weighted by Gasteiger charge is -2.34. The molecule has 1 aliphatic carbocycles. The molecule has 1 saturated carbocycles. The first-order valence-electron chi connectivity index (χ1n) is 7.97. The number of hydrogen-bond donors (Lipinski definition) is 0. The summed E-state index contributed by atoms with van der Waals surface area (Å²) >= 11 is 5.94. The van der Waals surface area contributed by atoms with Crippen LogP contribution < -0.4 is 4.90 Å². The fraction of sp³-hybridized carbons (Fsp3) is 0.529. The molecule has 0 bridgehead atoms. The van der Waals surface area contributed by atoms with E-state index in [1.807, 2.05) is 29.2 Å². The molecule has 0 aromatic heterocycles. The number of hydrogen-bond acceptors (Lipinski definition) is 4. The van der Waals surface area contributed by atoms with Crippen LogP contribution in [0.3, 0.4) is 0 Å². The number of carbonyl (C=O) groups is 1. The van der Waals surface area contributed by atoms with Gasteiger partial charge in [-0.15, -0.1) is 0 Å². The molecule has 1 atom stereocenters. The number of rotatable bonds is 4. The Morgan fingerprint density at radius 1 is 1.23 bits per heavy atom. The molecule has 0 amide bonds. The van der Waals surface area contributed by atoms with Crippen LogP contribution in [0.5, 0.6) is 0 Å². The van der Waals surface area contributed by atoms with Crippen LogP contribution in [-0.4, -0.2) is 42.8 Å². The summed E-state index contributed by atoms with van der Waals surface area (Å²) < 4.78 is 0. The molecule has 0 spiro atoms. The largest absolute Gasteiger partial charge is 0.320 e. The lowest BCUT2D eigenvalue weighted by molar-refractivity contribution is -0.102. The molecule has 1 heterocycles. The topological polar surface area (TPSA) is 35.9 Å². The van der Waals surface area contributed by atoms with Crippen molar-refractivity contribution in [2.75, 3.05) is 18.5 Å². The average molecular weight is 320 g/mol. The van der Waals surface area contributed by atoms with Gasteiger partial charge in [-0.25, -0.2) is 4.99 Å². The Labute approximate surface area is 136 Å². The van der Waals surface area contributed by atoms with Gasteiger partial charge in [-0.2, -0.15) is 0 Å². The second-order valence-corrected chi connectivity index (χ2v) is 6.57. The highest BCUT2D eigenvalue weighted by atomic mass is 35.5. The number of nitrogens with zero attached hydrogens (tertiary/aromatic N) is 3. The first-order valence-corrected chi connectivity index (χ1v) is 8.35. The molecule has 4 nitrogen and oxygen atoms in total. The molecule has 3 rings (SSSR count). The Bertz CT molecular complexity index is 552. The van der Waals surface area contributed by atoms with Gasteiger partial charge in [0.05, 0.1) is 6.54 Å². The van der Waals surface area contributed by atoms with Gasteiger partial charge >= 0.3 is 0 Å². The van der Waals surface area contributed by atoms with Crippen LogP contribution in [0.25, 0.3) is 0 Å². The molecule has 1 fully saturated rings. The zero-order valence-electron chi connectivity index (χ0n) is 12.9. The second-order valence-electron chi connectivity index (χ2n) is 6.13. The zero-order valence-corrected chi connectivity index (χ0v) is 13.7. The summed E-state index contributed by atoms with van der Waals surface area (Å²) in [5.74, 6) is 0.509. The highest BCUT2D eigenvalue weighted by Gasteiger charge is 2.32. The third-order valence-electron chi connectivity index (χ3n) is 4.77. The first-order chi connectivity index (χ1) is 10.7. The normalized spacial score (nSPS) is 23.0. The van der Waals surface area contributed by atoms with Crippen molar-refractivity contribution >= 4 is 29.4 Å². The molecular weight excluding hydrogens is 298 g/mol. The van der Waals surface area contributed by atoms with Crippen molar-refractivity contribution in [3.05, 3.63) is 29.3 Å². The van der Waals surface area contributed by atoms with E-state index in [-0.39, 0.29) is 6.17 Å². The van der Waals surface area contributed by atoms with Crippen LogP contribution in [-0.2, 0) is 4.79 Å². The predicted molar refractivity (Wildman–Crippen MR) is 90.7 cm³/mol. The lowest BCUT2D eigenvalue weighted by atomic mass is 9.94. The molecule has 0 radical (unpaired) electrons. The number of amidine groups is 1. The minimum Gasteiger partial charge on any atom is -0.320 e.